The van der Waals surface area contributed by atoms with Crippen LogP contribution in [0.2, 0.25) is 0 Å². The number of anilines is 1. The van der Waals surface area contributed by atoms with E-state index in [4.69, 9.17) is 14.7 Å². The molecule has 1 aliphatic rings. The molecular formula is C23H30N6O3. The van der Waals surface area contributed by atoms with Crippen molar-refractivity contribution in [2.45, 2.75) is 25.8 Å². The molecule has 0 bridgehead atoms. The minimum absolute atomic E-state index is 0.0641. The molecule has 1 aromatic carbocycles. The number of nitriles is 1. The summed E-state index contributed by atoms with van der Waals surface area (Å²) in [5, 5.41) is 15.2. The number of carbonyl (C=O) groups excluding carboxylic acids is 1. The number of hydrogen-bond donors (Lipinski definition) is 2. The summed E-state index contributed by atoms with van der Waals surface area (Å²) in [6, 6.07) is 8.11. The average Bonchev–Trinajstić information content (AvgIpc) is 2.81. The van der Waals surface area contributed by atoms with Crippen LogP contribution in [0.4, 0.5) is 5.69 Å². The van der Waals surface area contributed by atoms with E-state index in [0.717, 1.165) is 51.4 Å². The summed E-state index contributed by atoms with van der Waals surface area (Å²) in [6.07, 6.45) is 3.72. The molecule has 2 aromatic rings. The summed E-state index contributed by atoms with van der Waals surface area (Å²) in [6.45, 7) is 7.70. The molecule has 0 spiro atoms. The van der Waals surface area contributed by atoms with Crippen molar-refractivity contribution in [3.63, 3.8) is 0 Å². The van der Waals surface area contributed by atoms with Crippen LogP contribution in [0.1, 0.15) is 23.9 Å². The van der Waals surface area contributed by atoms with Gasteiger partial charge in [0.25, 0.3) is 0 Å². The second-order valence-electron chi connectivity index (χ2n) is 7.78. The highest BCUT2D eigenvalue weighted by atomic mass is 16.5. The van der Waals surface area contributed by atoms with Crippen molar-refractivity contribution in [3.8, 4) is 11.8 Å². The first-order valence-electron chi connectivity index (χ1n) is 10.8. The average molecular weight is 439 g/mol. The van der Waals surface area contributed by atoms with E-state index in [-0.39, 0.29) is 18.0 Å². The fourth-order valence-corrected chi connectivity index (χ4v) is 3.56. The smallest absolute Gasteiger partial charge is 0.230 e. The van der Waals surface area contributed by atoms with Crippen LogP contribution in [0, 0.1) is 11.3 Å². The van der Waals surface area contributed by atoms with Crippen LogP contribution in [0.25, 0.3) is 0 Å². The summed E-state index contributed by atoms with van der Waals surface area (Å²) in [4.78, 5) is 22.8. The molecule has 9 nitrogen and oxygen atoms in total. The van der Waals surface area contributed by atoms with Gasteiger partial charge in [0.2, 0.25) is 5.91 Å². The number of amides is 1. The van der Waals surface area contributed by atoms with Crippen LogP contribution >= 0.6 is 0 Å². The molecule has 0 aliphatic carbocycles. The largest absolute Gasteiger partial charge is 0.495 e. The van der Waals surface area contributed by atoms with Crippen LogP contribution in [-0.4, -0.2) is 73.3 Å². The third-order valence-electron chi connectivity index (χ3n) is 5.24. The zero-order valence-electron chi connectivity index (χ0n) is 18.6. The van der Waals surface area contributed by atoms with Crippen molar-refractivity contribution >= 4 is 11.6 Å². The highest BCUT2D eigenvalue weighted by Gasteiger charge is 2.14. The lowest BCUT2D eigenvalue weighted by Gasteiger charge is -2.29. The Morgan fingerprint density at radius 1 is 1.31 bits per heavy atom. The van der Waals surface area contributed by atoms with Gasteiger partial charge in [-0.2, -0.15) is 5.26 Å². The van der Waals surface area contributed by atoms with Crippen molar-refractivity contribution < 1.29 is 14.3 Å². The first-order chi connectivity index (χ1) is 15.6. The Hall–Kier alpha value is -3.06. The van der Waals surface area contributed by atoms with Gasteiger partial charge in [-0.3, -0.25) is 14.7 Å². The number of nitrogens with one attached hydrogen (secondary N) is 2. The number of benzene rings is 1. The van der Waals surface area contributed by atoms with Gasteiger partial charge in [0.15, 0.2) is 5.69 Å². The normalized spacial score (nSPS) is 15.0. The molecule has 2 N–H and O–H groups in total. The molecule has 1 fully saturated rings. The Morgan fingerprint density at radius 3 is 2.81 bits per heavy atom. The maximum Gasteiger partial charge on any atom is 0.230 e. The third-order valence-corrected chi connectivity index (χ3v) is 5.24. The van der Waals surface area contributed by atoms with Crippen molar-refractivity contribution in [1.82, 2.24) is 20.2 Å². The van der Waals surface area contributed by atoms with E-state index >= 15 is 0 Å². The van der Waals surface area contributed by atoms with E-state index in [1.54, 1.807) is 7.11 Å². The molecule has 0 saturated carbocycles. The van der Waals surface area contributed by atoms with E-state index in [2.05, 4.69) is 32.4 Å². The van der Waals surface area contributed by atoms with Gasteiger partial charge < -0.3 is 20.1 Å². The Balaban J connectivity index is 1.47. The second kappa shape index (κ2) is 12.1. The van der Waals surface area contributed by atoms with Gasteiger partial charge in [-0.15, -0.1) is 0 Å². The quantitative estimate of drug-likeness (QED) is 0.572. The van der Waals surface area contributed by atoms with Gasteiger partial charge in [0.1, 0.15) is 11.8 Å². The zero-order valence-corrected chi connectivity index (χ0v) is 18.6. The summed E-state index contributed by atoms with van der Waals surface area (Å²) in [7, 11) is 1.59. The standard InChI is InChI=1S/C23H30N6O3/c1-17(16-29-7-9-32-10-8-29)25-6-5-18-3-4-21(22(11-18)31-2)28-23(30)12-19-14-27-20(13-24)15-26-19/h3-4,11,14-15,17,25H,5-10,12,16H2,1-2H3,(H,28,30)/t17-/m1/s1. The van der Waals surface area contributed by atoms with E-state index in [1.165, 1.54) is 12.4 Å². The minimum Gasteiger partial charge on any atom is -0.495 e. The minimum atomic E-state index is -0.228. The molecule has 0 radical (unpaired) electrons. The third kappa shape index (κ3) is 7.27. The van der Waals surface area contributed by atoms with Gasteiger partial charge >= 0.3 is 0 Å². The van der Waals surface area contributed by atoms with Crippen molar-refractivity contribution in [2.24, 2.45) is 0 Å². The molecule has 170 valence electrons. The van der Waals surface area contributed by atoms with Gasteiger partial charge in [-0.25, -0.2) is 4.98 Å². The first-order valence-corrected chi connectivity index (χ1v) is 10.8. The lowest BCUT2D eigenvalue weighted by Crippen LogP contribution is -2.44. The lowest BCUT2D eigenvalue weighted by atomic mass is 10.1. The molecule has 1 atom stereocenters. The fourth-order valence-electron chi connectivity index (χ4n) is 3.56. The van der Waals surface area contributed by atoms with Gasteiger partial charge in [0, 0.05) is 25.7 Å². The highest BCUT2D eigenvalue weighted by Crippen LogP contribution is 2.26. The Morgan fingerprint density at radius 2 is 2.12 bits per heavy atom. The van der Waals surface area contributed by atoms with Crippen molar-refractivity contribution in [2.75, 3.05) is 51.8 Å². The number of ether oxygens (including phenoxy) is 2. The summed E-state index contributed by atoms with van der Waals surface area (Å²) >= 11 is 0. The molecular weight excluding hydrogens is 408 g/mol. The van der Waals surface area contributed by atoms with Crippen LogP contribution < -0.4 is 15.4 Å². The molecule has 9 heteroatoms. The number of aromatic nitrogens is 2. The summed E-state index contributed by atoms with van der Waals surface area (Å²) in [5.74, 6) is 0.386. The maximum absolute atomic E-state index is 12.4. The summed E-state index contributed by atoms with van der Waals surface area (Å²) < 4.78 is 10.9. The molecule has 3 rings (SSSR count). The van der Waals surface area contributed by atoms with Gasteiger partial charge in [-0.1, -0.05) is 6.07 Å². The van der Waals surface area contributed by atoms with Crippen LogP contribution in [0.3, 0.4) is 0 Å². The van der Waals surface area contributed by atoms with Crippen molar-refractivity contribution in [1.29, 1.82) is 5.26 Å². The number of methoxy groups -OCH3 is 1. The molecule has 0 unspecified atom stereocenters. The maximum atomic E-state index is 12.4. The zero-order chi connectivity index (χ0) is 22.8. The second-order valence-corrected chi connectivity index (χ2v) is 7.78. The molecule has 32 heavy (non-hydrogen) atoms. The van der Waals surface area contributed by atoms with Crippen LogP contribution in [-0.2, 0) is 22.4 Å². The van der Waals surface area contributed by atoms with Crippen LogP contribution in [0.5, 0.6) is 5.75 Å². The first kappa shape index (κ1) is 23.6. The fraction of sp³-hybridized carbons (Fsp3) is 0.478. The molecule has 2 heterocycles. The Kier molecular flexibility index (Phi) is 8.92. The SMILES string of the molecule is COc1cc(CCN[C@H](C)CN2CCOCC2)ccc1NC(=O)Cc1cnc(C#N)cn1. The Bertz CT molecular complexity index is 922. The predicted octanol–water partition coefficient (Wildman–Crippen LogP) is 1.39. The van der Waals surface area contributed by atoms with E-state index in [9.17, 15) is 4.79 Å². The number of carbonyl (C=O) groups is 1. The topological polar surface area (TPSA) is 112 Å². The predicted molar refractivity (Wildman–Crippen MR) is 121 cm³/mol. The lowest BCUT2D eigenvalue weighted by molar-refractivity contribution is -0.115. The van der Waals surface area contributed by atoms with Gasteiger partial charge in [0.05, 0.1) is 50.5 Å². The van der Waals surface area contributed by atoms with E-state index in [0.29, 0.717) is 23.2 Å². The molecule has 1 amide bonds. The van der Waals surface area contributed by atoms with Crippen LogP contribution in [0.15, 0.2) is 30.6 Å². The van der Waals surface area contributed by atoms with Gasteiger partial charge in [-0.05, 0) is 37.6 Å². The molecule has 1 aromatic heterocycles. The monoisotopic (exact) mass is 438 g/mol. The molecule has 1 aliphatic heterocycles. The van der Waals surface area contributed by atoms with Crippen molar-refractivity contribution in [3.05, 3.63) is 47.5 Å². The van der Waals surface area contributed by atoms with E-state index in [1.807, 2.05) is 24.3 Å². The number of rotatable bonds is 10. The Labute approximate surface area is 188 Å². The van der Waals surface area contributed by atoms with E-state index < -0.39 is 0 Å². The summed E-state index contributed by atoms with van der Waals surface area (Å²) in [5.41, 5.74) is 2.45. The number of morpholine rings is 1. The number of nitrogens with zero attached hydrogens (tertiary/aromatic N) is 4. The highest BCUT2D eigenvalue weighted by molar-refractivity contribution is 5.93. The molecule has 1 saturated heterocycles. The number of hydrogen-bond acceptors (Lipinski definition) is 8.